The number of nitrogens with zero attached hydrogens (tertiary/aromatic N) is 4. The van der Waals surface area contributed by atoms with Gasteiger partial charge in [0, 0.05) is 44.8 Å². The minimum atomic E-state index is -0.658. The molecule has 180 valence electrons. The Labute approximate surface area is 198 Å². The Kier molecular flexibility index (Phi) is 7.24. The van der Waals surface area contributed by atoms with Gasteiger partial charge >= 0.3 is 0 Å². The van der Waals surface area contributed by atoms with Gasteiger partial charge in [0.1, 0.15) is 5.82 Å². The third kappa shape index (κ3) is 5.62. The van der Waals surface area contributed by atoms with Gasteiger partial charge in [0.15, 0.2) is 11.5 Å². The van der Waals surface area contributed by atoms with Crippen molar-refractivity contribution in [3.63, 3.8) is 0 Å². The third-order valence-electron chi connectivity index (χ3n) is 6.47. The van der Waals surface area contributed by atoms with Crippen molar-refractivity contribution in [2.24, 2.45) is 5.73 Å². The number of rotatable bonds is 7. The van der Waals surface area contributed by atoms with E-state index in [1.54, 1.807) is 6.20 Å². The van der Waals surface area contributed by atoms with Crippen molar-refractivity contribution in [3.05, 3.63) is 41.7 Å². The van der Waals surface area contributed by atoms with Crippen molar-refractivity contribution in [1.82, 2.24) is 20.2 Å². The van der Waals surface area contributed by atoms with Crippen molar-refractivity contribution in [3.8, 4) is 0 Å². The van der Waals surface area contributed by atoms with Gasteiger partial charge in [0.2, 0.25) is 12.3 Å². The van der Waals surface area contributed by atoms with E-state index < -0.39 is 5.91 Å². The number of carbonyl (C=O) groups excluding carboxylic acids is 3. The first kappa shape index (κ1) is 23.5. The fourth-order valence-electron chi connectivity index (χ4n) is 4.70. The molecular weight excluding hydrogens is 434 g/mol. The zero-order chi connectivity index (χ0) is 24.1. The number of anilines is 3. The van der Waals surface area contributed by atoms with Gasteiger partial charge in [-0.15, -0.1) is 0 Å². The van der Waals surface area contributed by atoms with Crippen LogP contribution in [-0.2, 0) is 9.59 Å². The van der Waals surface area contributed by atoms with Gasteiger partial charge in [0.25, 0.3) is 5.91 Å². The van der Waals surface area contributed by atoms with Crippen molar-refractivity contribution in [2.45, 2.75) is 44.6 Å². The van der Waals surface area contributed by atoms with Crippen LogP contribution in [0.2, 0.25) is 0 Å². The number of aromatic nitrogens is 2. The number of benzene rings is 1. The van der Waals surface area contributed by atoms with Crippen molar-refractivity contribution >= 4 is 35.5 Å². The lowest BCUT2D eigenvalue weighted by Crippen LogP contribution is -2.47. The molecule has 1 atom stereocenters. The number of carbonyl (C=O) groups is 3. The number of hydrogen-bond donors (Lipinski definition) is 3. The van der Waals surface area contributed by atoms with E-state index in [9.17, 15) is 14.4 Å². The zero-order valence-corrected chi connectivity index (χ0v) is 19.4. The highest BCUT2D eigenvalue weighted by Gasteiger charge is 2.24. The molecule has 0 unspecified atom stereocenters. The molecule has 0 saturated carbocycles. The Morgan fingerprint density at radius 3 is 2.50 bits per heavy atom. The lowest BCUT2D eigenvalue weighted by Gasteiger charge is -2.33. The van der Waals surface area contributed by atoms with Crippen LogP contribution in [-0.4, -0.2) is 65.3 Å². The SMILES string of the molecule is CC(=O)N[C@@H]1CCCN(c2cnc(C(N)=O)c(Nc3ccc(C4CCN(C=O)CC4)cc3)n2)C1. The molecule has 2 saturated heterocycles. The van der Waals surface area contributed by atoms with Gasteiger partial charge in [-0.3, -0.25) is 14.4 Å². The number of nitrogens with one attached hydrogen (secondary N) is 2. The molecule has 3 heterocycles. The second-order valence-electron chi connectivity index (χ2n) is 8.94. The molecule has 2 fully saturated rings. The van der Waals surface area contributed by atoms with E-state index in [1.807, 2.05) is 17.0 Å². The van der Waals surface area contributed by atoms with Crippen molar-refractivity contribution in [2.75, 3.05) is 36.4 Å². The number of nitrogens with two attached hydrogens (primary N) is 1. The van der Waals surface area contributed by atoms with Gasteiger partial charge in [-0.2, -0.15) is 0 Å². The first-order chi connectivity index (χ1) is 16.4. The highest BCUT2D eigenvalue weighted by Crippen LogP contribution is 2.29. The minimum Gasteiger partial charge on any atom is -0.364 e. The van der Waals surface area contributed by atoms with Crippen LogP contribution in [0.25, 0.3) is 0 Å². The van der Waals surface area contributed by atoms with Crippen LogP contribution in [0.4, 0.5) is 17.3 Å². The van der Waals surface area contributed by atoms with Crippen molar-refractivity contribution < 1.29 is 14.4 Å². The average Bonchev–Trinajstić information content (AvgIpc) is 2.84. The van der Waals surface area contributed by atoms with E-state index in [0.717, 1.165) is 57.4 Å². The van der Waals surface area contributed by atoms with Crippen LogP contribution in [0.1, 0.15) is 54.6 Å². The molecule has 4 N–H and O–H groups in total. The Hall–Kier alpha value is -3.69. The van der Waals surface area contributed by atoms with E-state index in [0.29, 0.717) is 24.1 Å². The van der Waals surface area contributed by atoms with Gasteiger partial charge in [-0.1, -0.05) is 12.1 Å². The van der Waals surface area contributed by atoms with Gasteiger partial charge < -0.3 is 26.2 Å². The second-order valence-corrected chi connectivity index (χ2v) is 8.94. The molecule has 10 nitrogen and oxygen atoms in total. The molecule has 2 aromatic rings. The third-order valence-corrected chi connectivity index (χ3v) is 6.47. The summed E-state index contributed by atoms with van der Waals surface area (Å²) in [6, 6.07) is 8.08. The van der Waals surface area contributed by atoms with Gasteiger partial charge in [-0.05, 0) is 49.3 Å². The normalized spacial score (nSPS) is 18.9. The molecule has 4 rings (SSSR count). The number of primary amides is 1. The van der Waals surface area contributed by atoms with E-state index in [1.165, 1.54) is 12.5 Å². The second kappa shape index (κ2) is 10.5. The summed E-state index contributed by atoms with van der Waals surface area (Å²) in [7, 11) is 0. The average molecular weight is 466 g/mol. The first-order valence-corrected chi connectivity index (χ1v) is 11.7. The molecule has 2 aliphatic heterocycles. The highest BCUT2D eigenvalue weighted by atomic mass is 16.2. The topological polar surface area (TPSA) is 134 Å². The standard InChI is InChI=1S/C24H31N7O3/c1-16(33)27-20-3-2-10-31(14-20)21-13-26-22(23(25)34)24(29-21)28-19-6-4-17(5-7-19)18-8-11-30(15-32)12-9-18/h4-7,13,15,18,20H,2-3,8-12,14H2,1H3,(H2,25,34)(H,27,33)(H,28,29)/t20-/m1/s1. The summed E-state index contributed by atoms with van der Waals surface area (Å²) >= 11 is 0. The van der Waals surface area contributed by atoms with Crippen molar-refractivity contribution in [1.29, 1.82) is 0 Å². The molecule has 10 heteroatoms. The quantitative estimate of drug-likeness (QED) is 0.531. The molecule has 0 spiro atoms. The van der Waals surface area contributed by atoms with Crippen LogP contribution in [0.3, 0.4) is 0 Å². The van der Waals surface area contributed by atoms with Crippen LogP contribution in [0, 0.1) is 0 Å². The zero-order valence-electron chi connectivity index (χ0n) is 19.4. The number of likely N-dealkylation sites (tertiary alicyclic amines) is 1. The lowest BCUT2D eigenvalue weighted by atomic mass is 9.89. The minimum absolute atomic E-state index is 0.0474. The Morgan fingerprint density at radius 2 is 1.85 bits per heavy atom. The van der Waals surface area contributed by atoms with Crippen LogP contribution >= 0.6 is 0 Å². The van der Waals surface area contributed by atoms with E-state index in [-0.39, 0.29) is 17.6 Å². The van der Waals surface area contributed by atoms with Gasteiger partial charge in [-0.25, -0.2) is 9.97 Å². The van der Waals surface area contributed by atoms with E-state index in [2.05, 4.69) is 37.6 Å². The maximum absolute atomic E-state index is 12.0. The molecular formula is C24H31N7O3. The summed E-state index contributed by atoms with van der Waals surface area (Å²) < 4.78 is 0. The molecule has 0 aliphatic carbocycles. The fraction of sp³-hybridized carbons (Fsp3) is 0.458. The molecule has 2 aliphatic rings. The number of piperidine rings is 2. The lowest BCUT2D eigenvalue weighted by molar-refractivity contribution is -0.120. The largest absolute Gasteiger partial charge is 0.364 e. The summed E-state index contributed by atoms with van der Waals surface area (Å²) in [5.74, 6) is 0.641. The monoisotopic (exact) mass is 465 g/mol. The Morgan fingerprint density at radius 1 is 1.12 bits per heavy atom. The summed E-state index contributed by atoms with van der Waals surface area (Å²) in [5.41, 5.74) is 7.62. The molecule has 3 amide bonds. The highest BCUT2D eigenvalue weighted by molar-refractivity contribution is 5.96. The molecule has 0 bridgehead atoms. The van der Waals surface area contributed by atoms with Crippen LogP contribution in [0.15, 0.2) is 30.5 Å². The molecule has 34 heavy (non-hydrogen) atoms. The van der Waals surface area contributed by atoms with Crippen LogP contribution < -0.4 is 21.3 Å². The Balaban J connectivity index is 1.49. The van der Waals surface area contributed by atoms with Crippen LogP contribution in [0.5, 0.6) is 0 Å². The Bertz CT molecular complexity index is 1040. The molecule has 0 radical (unpaired) electrons. The summed E-state index contributed by atoms with van der Waals surface area (Å²) in [5, 5.41) is 6.16. The summed E-state index contributed by atoms with van der Waals surface area (Å²) in [6.45, 7) is 4.48. The number of hydrogen-bond acceptors (Lipinski definition) is 7. The predicted octanol–water partition coefficient (Wildman–Crippen LogP) is 1.76. The van der Waals surface area contributed by atoms with Gasteiger partial charge in [0.05, 0.1) is 6.20 Å². The maximum Gasteiger partial charge on any atom is 0.271 e. The smallest absolute Gasteiger partial charge is 0.271 e. The molecule has 1 aromatic heterocycles. The summed E-state index contributed by atoms with van der Waals surface area (Å²) in [4.78, 5) is 47.2. The first-order valence-electron chi connectivity index (χ1n) is 11.7. The summed E-state index contributed by atoms with van der Waals surface area (Å²) in [6.07, 6.45) is 6.18. The van der Waals surface area contributed by atoms with E-state index >= 15 is 0 Å². The fourth-order valence-corrected chi connectivity index (χ4v) is 4.70. The number of amides is 3. The van der Waals surface area contributed by atoms with E-state index in [4.69, 9.17) is 5.73 Å². The molecule has 1 aromatic carbocycles. The predicted molar refractivity (Wildman–Crippen MR) is 129 cm³/mol. The maximum atomic E-state index is 12.0.